The highest BCUT2D eigenvalue weighted by Gasteiger charge is 2.16. The van der Waals surface area contributed by atoms with E-state index >= 15 is 0 Å². The van der Waals surface area contributed by atoms with E-state index in [1.54, 1.807) is 12.1 Å². The smallest absolute Gasteiger partial charge is 0.381 e. The van der Waals surface area contributed by atoms with Gasteiger partial charge in [0.15, 0.2) is 17.1 Å². The van der Waals surface area contributed by atoms with Gasteiger partial charge in [0.25, 0.3) is 0 Å². The second-order valence-corrected chi connectivity index (χ2v) is 5.10. The molecule has 124 valence electrons. The first-order valence-corrected chi connectivity index (χ1v) is 7.40. The summed E-state index contributed by atoms with van der Waals surface area (Å²) in [6.45, 7) is 2.22. The maximum absolute atomic E-state index is 12.3. The molecular formula is C16H16N4O4. The van der Waals surface area contributed by atoms with E-state index in [1.807, 2.05) is 13.0 Å². The summed E-state index contributed by atoms with van der Waals surface area (Å²) < 4.78 is 10.9. The molecule has 0 bridgehead atoms. The van der Waals surface area contributed by atoms with E-state index in [-0.39, 0.29) is 18.2 Å². The molecule has 8 nitrogen and oxygen atoms in total. The molecule has 0 aliphatic rings. The molecule has 0 atom stereocenters. The summed E-state index contributed by atoms with van der Waals surface area (Å²) in [5, 5.41) is 8.83. The fourth-order valence-electron chi connectivity index (χ4n) is 2.04. The second kappa shape index (κ2) is 7.05. The molecule has 0 unspecified atom stereocenters. The average Bonchev–Trinajstić information content (AvgIpc) is 3.04. The SMILES string of the molecule is Cc1ccc(OCCCO)c(OC(=O)c2ncc3[nH]cnc3n2)c1. The van der Waals surface area contributed by atoms with Crippen molar-refractivity contribution in [1.82, 2.24) is 19.9 Å². The van der Waals surface area contributed by atoms with Gasteiger partial charge in [-0.3, -0.25) is 0 Å². The lowest BCUT2D eigenvalue weighted by molar-refractivity contribution is 0.0715. The van der Waals surface area contributed by atoms with Crippen molar-refractivity contribution in [1.29, 1.82) is 0 Å². The fourth-order valence-corrected chi connectivity index (χ4v) is 2.04. The third kappa shape index (κ3) is 3.49. The van der Waals surface area contributed by atoms with Crippen molar-refractivity contribution in [3.8, 4) is 11.5 Å². The van der Waals surface area contributed by atoms with Gasteiger partial charge in [-0.1, -0.05) is 6.07 Å². The zero-order valence-electron chi connectivity index (χ0n) is 13.0. The molecular weight excluding hydrogens is 312 g/mol. The number of aliphatic hydroxyl groups excluding tert-OH is 1. The number of aliphatic hydroxyl groups is 1. The Morgan fingerprint density at radius 2 is 2.17 bits per heavy atom. The van der Waals surface area contributed by atoms with E-state index in [0.717, 1.165) is 5.56 Å². The van der Waals surface area contributed by atoms with Gasteiger partial charge in [0.05, 0.1) is 19.1 Å². The van der Waals surface area contributed by atoms with Gasteiger partial charge in [0.1, 0.15) is 5.52 Å². The van der Waals surface area contributed by atoms with Crippen molar-refractivity contribution in [2.45, 2.75) is 13.3 Å². The van der Waals surface area contributed by atoms with Crippen molar-refractivity contribution in [3.63, 3.8) is 0 Å². The normalized spacial score (nSPS) is 10.8. The molecule has 2 N–H and O–H groups in total. The number of carbonyl (C=O) groups is 1. The maximum Gasteiger partial charge on any atom is 0.381 e. The van der Waals surface area contributed by atoms with Crippen molar-refractivity contribution < 1.29 is 19.4 Å². The average molecular weight is 328 g/mol. The van der Waals surface area contributed by atoms with E-state index in [1.165, 1.54) is 12.5 Å². The van der Waals surface area contributed by atoms with E-state index in [4.69, 9.17) is 14.6 Å². The highest BCUT2D eigenvalue weighted by molar-refractivity contribution is 5.89. The largest absolute Gasteiger partial charge is 0.490 e. The molecule has 0 aliphatic carbocycles. The molecule has 0 fully saturated rings. The monoisotopic (exact) mass is 328 g/mol. The van der Waals surface area contributed by atoms with E-state index in [0.29, 0.717) is 29.9 Å². The van der Waals surface area contributed by atoms with Crippen LogP contribution in [0.2, 0.25) is 0 Å². The number of aromatic amines is 1. The van der Waals surface area contributed by atoms with Crippen molar-refractivity contribution >= 4 is 17.1 Å². The number of esters is 1. The molecule has 0 spiro atoms. The number of nitrogens with zero attached hydrogens (tertiary/aromatic N) is 3. The highest BCUT2D eigenvalue weighted by atomic mass is 16.6. The van der Waals surface area contributed by atoms with Gasteiger partial charge in [-0.25, -0.2) is 19.7 Å². The minimum absolute atomic E-state index is 0.0263. The Bertz CT molecular complexity index is 862. The molecule has 0 saturated heterocycles. The minimum atomic E-state index is -0.697. The number of imidazole rings is 1. The van der Waals surface area contributed by atoms with Crippen LogP contribution in [-0.4, -0.2) is 44.2 Å². The molecule has 0 amide bonds. The van der Waals surface area contributed by atoms with E-state index < -0.39 is 5.97 Å². The lowest BCUT2D eigenvalue weighted by Gasteiger charge is -2.11. The summed E-state index contributed by atoms with van der Waals surface area (Å²) in [5.74, 6) is -0.0816. The van der Waals surface area contributed by atoms with Gasteiger partial charge in [-0.2, -0.15) is 0 Å². The van der Waals surface area contributed by atoms with Crippen LogP contribution in [0.4, 0.5) is 0 Å². The van der Waals surface area contributed by atoms with Crippen LogP contribution in [0, 0.1) is 6.92 Å². The van der Waals surface area contributed by atoms with Gasteiger partial charge in [0, 0.05) is 13.0 Å². The predicted octanol–water partition coefficient (Wildman–Crippen LogP) is 1.64. The zero-order valence-corrected chi connectivity index (χ0v) is 13.0. The van der Waals surface area contributed by atoms with Crippen LogP contribution in [0.3, 0.4) is 0 Å². The number of aryl methyl sites for hydroxylation is 1. The summed E-state index contributed by atoms with van der Waals surface area (Å²) in [4.78, 5) is 27.2. The summed E-state index contributed by atoms with van der Waals surface area (Å²) in [6, 6.07) is 5.25. The molecule has 0 radical (unpaired) electrons. The number of hydrogen-bond donors (Lipinski definition) is 2. The second-order valence-electron chi connectivity index (χ2n) is 5.10. The topological polar surface area (TPSA) is 110 Å². The first-order valence-electron chi connectivity index (χ1n) is 7.40. The first kappa shape index (κ1) is 15.9. The third-order valence-corrected chi connectivity index (χ3v) is 3.22. The number of rotatable bonds is 6. The lowest BCUT2D eigenvalue weighted by Crippen LogP contribution is -2.14. The number of benzene rings is 1. The molecule has 24 heavy (non-hydrogen) atoms. The maximum atomic E-state index is 12.3. The number of aromatic nitrogens is 4. The Kier molecular flexibility index (Phi) is 4.66. The number of carbonyl (C=O) groups excluding carboxylic acids is 1. The molecule has 0 saturated carbocycles. The summed E-state index contributed by atoms with van der Waals surface area (Å²) in [5.41, 5.74) is 1.94. The Balaban J connectivity index is 1.80. The van der Waals surface area contributed by atoms with E-state index in [9.17, 15) is 4.79 Å². The molecule has 3 rings (SSSR count). The van der Waals surface area contributed by atoms with Crippen LogP contribution in [0.15, 0.2) is 30.7 Å². The number of ether oxygens (including phenoxy) is 2. The van der Waals surface area contributed by atoms with Crippen molar-refractivity contribution in [2.75, 3.05) is 13.2 Å². The third-order valence-electron chi connectivity index (χ3n) is 3.22. The molecule has 8 heteroatoms. The van der Waals surface area contributed by atoms with Gasteiger partial charge in [-0.05, 0) is 24.6 Å². The standard InChI is InChI=1S/C16H16N4O4/c1-10-3-4-12(23-6-2-5-21)13(7-10)24-16(22)15-17-8-11-14(20-15)19-9-18-11/h3-4,7-9,21H,2,5-6H2,1H3,(H,17,18,19,20). The molecule has 2 heterocycles. The predicted molar refractivity (Wildman–Crippen MR) is 85.0 cm³/mol. The summed E-state index contributed by atoms with van der Waals surface area (Å²) in [6.07, 6.45) is 3.43. The molecule has 3 aromatic rings. The molecule has 0 aliphatic heterocycles. The van der Waals surface area contributed by atoms with E-state index in [2.05, 4.69) is 19.9 Å². The van der Waals surface area contributed by atoms with Gasteiger partial charge in [-0.15, -0.1) is 0 Å². The fraction of sp³-hybridized carbons (Fsp3) is 0.250. The molecule has 1 aromatic carbocycles. The first-order chi connectivity index (χ1) is 11.7. The molecule has 2 aromatic heterocycles. The van der Waals surface area contributed by atoms with Gasteiger partial charge in [0.2, 0.25) is 5.82 Å². The van der Waals surface area contributed by atoms with Crippen LogP contribution in [-0.2, 0) is 0 Å². The number of fused-ring (bicyclic) bond motifs is 1. The zero-order chi connectivity index (χ0) is 16.9. The van der Waals surface area contributed by atoms with Crippen molar-refractivity contribution in [3.05, 3.63) is 42.1 Å². The summed E-state index contributed by atoms with van der Waals surface area (Å²) in [7, 11) is 0. The van der Waals surface area contributed by atoms with Crippen LogP contribution < -0.4 is 9.47 Å². The number of hydrogen-bond acceptors (Lipinski definition) is 7. The quantitative estimate of drug-likeness (QED) is 0.402. The van der Waals surface area contributed by atoms with Crippen LogP contribution in [0.5, 0.6) is 11.5 Å². The minimum Gasteiger partial charge on any atom is -0.490 e. The van der Waals surface area contributed by atoms with Crippen LogP contribution in [0.25, 0.3) is 11.2 Å². The Labute approximate surface area is 137 Å². The lowest BCUT2D eigenvalue weighted by atomic mass is 10.2. The van der Waals surface area contributed by atoms with Crippen LogP contribution >= 0.6 is 0 Å². The summed E-state index contributed by atoms with van der Waals surface area (Å²) >= 11 is 0. The Hall–Kier alpha value is -3.00. The van der Waals surface area contributed by atoms with Gasteiger partial charge >= 0.3 is 5.97 Å². The Morgan fingerprint density at radius 3 is 3.00 bits per heavy atom. The Morgan fingerprint density at radius 1 is 1.29 bits per heavy atom. The number of H-pyrrole nitrogens is 1. The van der Waals surface area contributed by atoms with Crippen LogP contribution in [0.1, 0.15) is 22.6 Å². The van der Waals surface area contributed by atoms with Crippen molar-refractivity contribution in [2.24, 2.45) is 0 Å². The van der Waals surface area contributed by atoms with Gasteiger partial charge < -0.3 is 19.6 Å². The number of nitrogens with one attached hydrogen (secondary N) is 1. The highest BCUT2D eigenvalue weighted by Crippen LogP contribution is 2.29.